The molecule has 43 heavy (non-hydrogen) atoms. The Hall–Kier alpha value is -4.61. The van der Waals surface area contributed by atoms with E-state index in [1.807, 2.05) is 54.2 Å². The number of amides is 1. The molecule has 3 N–H and O–H groups in total. The van der Waals surface area contributed by atoms with Crippen LogP contribution in [-0.2, 0) is 22.1 Å². The highest BCUT2D eigenvalue weighted by Crippen LogP contribution is 2.25. The molecule has 0 bridgehead atoms. The fourth-order valence-electron chi connectivity index (χ4n) is 2.83. The molecular formula is C25H26F6N6O5S. The lowest BCUT2D eigenvalue weighted by molar-refractivity contribution is -0.192. The van der Waals surface area contributed by atoms with E-state index in [0.29, 0.717) is 17.0 Å². The van der Waals surface area contributed by atoms with Crippen LogP contribution < -0.4 is 5.32 Å². The number of anilines is 1. The summed E-state index contributed by atoms with van der Waals surface area (Å²) in [7, 11) is 1.94. The highest BCUT2D eigenvalue weighted by Gasteiger charge is 2.38. The van der Waals surface area contributed by atoms with E-state index >= 15 is 0 Å². The first kappa shape index (κ1) is 36.4. The fourth-order valence-corrected chi connectivity index (χ4v) is 3.60. The molecule has 0 aliphatic rings. The lowest BCUT2D eigenvalue weighted by Gasteiger charge is -2.18. The standard InChI is InChI=1S/C21H22N6OS.C2HF3O2.CHF3.CH2O2/c1-21(2,3)15-7-5-14(6-8-15)19(28)24-16-13-27-17(23-16)9-10-18(25-27)29-20-22-11-12-26(20)4;3-2(4,5)1(6)7;2-1(3)4;2-1-3/h5-13H,1-4H3,(H,24,28);(H,6,7);1H;1H,(H,2,3). The summed E-state index contributed by atoms with van der Waals surface area (Å²) in [5, 5.41) is 23.0. The van der Waals surface area contributed by atoms with Crippen molar-refractivity contribution in [2.45, 2.75) is 49.2 Å². The van der Waals surface area contributed by atoms with Gasteiger partial charge in [-0.25, -0.2) is 19.3 Å². The molecule has 0 spiro atoms. The number of carbonyl (C=O) groups excluding carboxylic acids is 1. The average Bonchev–Trinajstić information content (AvgIpc) is 3.48. The molecule has 0 radical (unpaired) electrons. The number of imidazole rings is 2. The summed E-state index contributed by atoms with van der Waals surface area (Å²) in [5.41, 5.74) is 2.48. The quantitative estimate of drug-likeness (QED) is 0.190. The molecule has 0 saturated carbocycles. The van der Waals surface area contributed by atoms with Crippen LogP contribution in [0.15, 0.2) is 65.2 Å². The first-order chi connectivity index (χ1) is 19.9. The van der Waals surface area contributed by atoms with Crippen LogP contribution in [0.5, 0.6) is 0 Å². The number of aryl methyl sites for hydroxylation is 1. The van der Waals surface area contributed by atoms with Crippen molar-refractivity contribution in [2.24, 2.45) is 7.05 Å². The van der Waals surface area contributed by atoms with E-state index in [4.69, 9.17) is 19.8 Å². The topological polar surface area (TPSA) is 152 Å². The monoisotopic (exact) mass is 636 g/mol. The van der Waals surface area contributed by atoms with Crippen molar-refractivity contribution in [1.82, 2.24) is 24.1 Å². The minimum absolute atomic E-state index is 0.0485. The third-order valence-corrected chi connectivity index (χ3v) is 5.77. The Bertz CT molecular complexity index is 1480. The summed E-state index contributed by atoms with van der Waals surface area (Å²) in [5.74, 6) is -2.49. The van der Waals surface area contributed by atoms with Crippen LogP contribution in [0.1, 0.15) is 36.7 Å². The number of hydrogen-bond donors (Lipinski definition) is 3. The van der Waals surface area contributed by atoms with Gasteiger partial charge in [0.05, 0.1) is 6.20 Å². The predicted octanol–water partition coefficient (Wildman–Crippen LogP) is 5.68. The van der Waals surface area contributed by atoms with Gasteiger partial charge < -0.3 is 20.1 Å². The number of carboxylic acid groups (broad SMARTS) is 2. The van der Waals surface area contributed by atoms with Gasteiger partial charge in [-0.3, -0.25) is 9.59 Å². The third kappa shape index (κ3) is 12.8. The van der Waals surface area contributed by atoms with Gasteiger partial charge in [0.2, 0.25) is 0 Å². The molecule has 4 aromatic rings. The summed E-state index contributed by atoms with van der Waals surface area (Å²) in [4.78, 5) is 38.6. The number of benzene rings is 1. The predicted molar refractivity (Wildman–Crippen MR) is 143 cm³/mol. The van der Waals surface area contributed by atoms with Gasteiger partial charge in [-0.05, 0) is 47.0 Å². The van der Waals surface area contributed by atoms with Crippen molar-refractivity contribution < 1.29 is 50.9 Å². The molecule has 0 aliphatic heterocycles. The van der Waals surface area contributed by atoms with Crippen LogP contribution in [0.3, 0.4) is 0 Å². The second kappa shape index (κ2) is 16.1. The van der Waals surface area contributed by atoms with Crippen molar-refractivity contribution in [3.8, 4) is 0 Å². The Labute approximate surface area is 244 Å². The number of hydrogen-bond acceptors (Lipinski definition) is 7. The van der Waals surface area contributed by atoms with E-state index < -0.39 is 18.8 Å². The van der Waals surface area contributed by atoms with Gasteiger partial charge in [-0.15, -0.1) is 0 Å². The van der Waals surface area contributed by atoms with Crippen molar-refractivity contribution in [2.75, 3.05) is 5.32 Å². The molecule has 1 amide bonds. The number of carbonyl (C=O) groups is 3. The van der Waals surface area contributed by atoms with E-state index in [1.54, 1.807) is 16.9 Å². The molecule has 3 aromatic heterocycles. The summed E-state index contributed by atoms with van der Waals surface area (Å²) in [6, 6.07) is 11.4. The molecule has 1 aromatic carbocycles. The van der Waals surface area contributed by atoms with E-state index in [-0.39, 0.29) is 17.8 Å². The molecule has 18 heteroatoms. The Morgan fingerprint density at radius 1 is 1.05 bits per heavy atom. The molecule has 0 aliphatic carbocycles. The molecule has 0 unspecified atom stereocenters. The smallest absolute Gasteiger partial charge is 0.483 e. The van der Waals surface area contributed by atoms with E-state index in [9.17, 15) is 31.1 Å². The molecule has 11 nitrogen and oxygen atoms in total. The van der Waals surface area contributed by atoms with Crippen molar-refractivity contribution in [3.05, 3.63) is 66.1 Å². The van der Waals surface area contributed by atoms with Gasteiger partial charge >= 0.3 is 18.8 Å². The van der Waals surface area contributed by atoms with Crippen molar-refractivity contribution in [1.29, 1.82) is 0 Å². The first-order valence-corrected chi connectivity index (χ1v) is 12.4. The van der Waals surface area contributed by atoms with Crippen LogP contribution in [-0.4, -0.2) is 65.6 Å². The van der Waals surface area contributed by atoms with Gasteiger partial charge in [-0.1, -0.05) is 32.9 Å². The van der Waals surface area contributed by atoms with Gasteiger partial charge in [0.25, 0.3) is 12.4 Å². The lowest BCUT2D eigenvalue weighted by Crippen LogP contribution is -2.21. The minimum atomic E-state index is -5.08. The van der Waals surface area contributed by atoms with Crippen molar-refractivity contribution in [3.63, 3.8) is 0 Å². The zero-order valence-corrected chi connectivity index (χ0v) is 23.7. The Balaban J connectivity index is 0.000000555. The zero-order chi connectivity index (χ0) is 33.0. The van der Waals surface area contributed by atoms with E-state index in [2.05, 4.69) is 41.2 Å². The SMILES string of the molecule is Cn1ccnc1Sc1ccc2nc(NC(=O)c3ccc(C(C)(C)C)cc3)cn2n1.FC(F)F.O=C(O)C(F)(F)F.O=CO. The number of alkyl halides is 6. The number of nitrogens with one attached hydrogen (secondary N) is 1. The molecule has 3 heterocycles. The maximum atomic E-state index is 12.6. The summed E-state index contributed by atoms with van der Waals surface area (Å²) >= 11 is 1.46. The molecule has 234 valence electrons. The molecule has 0 atom stereocenters. The molecular weight excluding hydrogens is 610 g/mol. The van der Waals surface area contributed by atoms with Gasteiger partial charge in [0.1, 0.15) is 5.03 Å². The number of rotatable bonds is 4. The normalized spacial score (nSPS) is 10.9. The Morgan fingerprint density at radius 2 is 1.58 bits per heavy atom. The van der Waals surface area contributed by atoms with Gasteiger partial charge in [0.15, 0.2) is 16.6 Å². The molecule has 0 saturated heterocycles. The van der Waals surface area contributed by atoms with Crippen LogP contribution >= 0.6 is 11.8 Å². The Kier molecular flexibility index (Phi) is 13.7. The zero-order valence-electron chi connectivity index (χ0n) is 22.9. The maximum absolute atomic E-state index is 12.6. The second-order valence-corrected chi connectivity index (χ2v) is 9.95. The number of fused-ring (bicyclic) bond motifs is 1. The van der Waals surface area contributed by atoms with Crippen LogP contribution in [0.25, 0.3) is 5.65 Å². The van der Waals surface area contributed by atoms with Gasteiger partial charge in [0, 0.05) is 25.0 Å². The number of aromatic nitrogens is 5. The lowest BCUT2D eigenvalue weighted by atomic mass is 9.87. The van der Waals surface area contributed by atoms with E-state index in [1.165, 1.54) is 17.3 Å². The number of carboxylic acids is 1. The van der Waals surface area contributed by atoms with E-state index in [0.717, 1.165) is 10.2 Å². The first-order valence-electron chi connectivity index (χ1n) is 11.6. The summed E-state index contributed by atoms with van der Waals surface area (Å²) in [6.07, 6.45) is 0.263. The average molecular weight is 637 g/mol. The van der Waals surface area contributed by atoms with Crippen LogP contribution in [0.4, 0.5) is 32.2 Å². The van der Waals surface area contributed by atoms with Crippen LogP contribution in [0.2, 0.25) is 0 Å². The highest BCUT2D eigenvalue weighted by molar-refractivity contribution is 7.99. The summed E-state index contributed by atoms with van der Waals surface area (Å²) in [6.45, 7) is 2.52. The minimum Gasteiger partial charge on any atom is -0.483 e. The summed E-state index contributed by atoms with van der Waals surface area (Å²) < 4.78 is 64.3. The maximum Gasteiger partial charge on any atom is 0.490 e. The fraction of sp³-hybridized carbons (Fsp3) is 0.280. The van der Waals surface area contributed by atoms with Crippen LogP contribution in [0, 0.1) is 0 Å². The number of aliphatic carboxylic acids is 1. The second-order valence-electron chi connectivity index (χ2n) is 8.96. The van der Waals surface area contributed by atoms with Crippen molar-refractivity contribution >= 4 is 41.6 Å². The number of halogens is 6. The third-order valence-electron chi connectivity index (χ3n) is 4.77. The van der Waals surface area contributed by atoms with Gasteiger partial charge in [-0.2, -0.15) is 31.4 Å². The Morgan fingerprint density at radius 3 is 2.02 bits per heavy atom. The largest absolute Gasteiger partial charge is 0.490 e. The molecule has 0 fully saturated rings. The number of nitrogens with zero attached hydrogens (tertiary/aromatic N) is 5. The molecule has 4 rings (SSSR count). The highest BCUT2D eigenvalue weighted by atomic mass is 32.2.